The van der Waals surface area contributed by atoms with Gasteiger partial charge in [-0.05, 0) is 46.2 Å². The van der Waals surface area contributed by atoms with E-state index < -0.39 is 0 Å². The number of hydrogen-bond acceptors (Lipinski definition) is 4. The summed E-state index contributed by atoms with van der Waals surface area (Å²) in [4.78, 5) is 25.9. The number of hydrogen-bond donors (Lipinski definition) is 2. The van der Waals surface area contributed by atoms with E-state index in [0.717, 1.165) is 20.9 Å². The van der Waals surface area contributed by atoms with Crippen LogP contribution in [0.25, 0.3) is 12.2 Å². The minimum absolute atomic E-state index is 0.133. The van der Waals surface area contributed by atoms with Crippen LogP contribution in [0.2, 0.25) is 0 Å². The molecule has 6 heteroatoms. The SMILES string of the molecule is O=C(C=Cc1cccs1)NCc1cccc(CNC(=O)C=Cc2cccs2)c1. The molecule has 0 saturated carbocycles. The smallest absolute Gasteiger partial charge is 0.244 e. The number of benzene rings is 1. The van der Waals surface area contributed by atoms with Crippen molar-refractivity contribution in [3.63, 3.8) is 0 Å². The lowest BCUT2D eigenvalue weighted by molar-refractivity contribution is -0.117. The molecule has 3 aromatic rings. The average molecular weight is 409 g/mol. The van der Waals surface area contributed by atoms with E-state index >= 15 is 0 Å². The van der Waals surface area contributed by atoms with E-state index in [1.807, 2.05) is 59.3 Å². The second-order valence-corrected chi connectivity index (χ2v) is 7.91. The van der Waals surface area contributed by atoms with E-state index in [0.29, 0.717) is 13.1 Å². The number of carbonyl (C=O) groups excluding carboxylic acids is 2. The van der Waals surface area contributed by atoms with Crippen molar-refractivity contribution in [2.24, 2.45) is 0 Å². The molecule has 0 unspecified atom stereocenters. The molecule has 2 N–H and O–H groups in total. The Bertz CT molecular complexity index is 883. The average Bonchev–Trinajstić information content (AvgIpc) is 3.42. The second-order valence-electron chi connectivity index (χ2n) is 5.95. The van der Waals surface area contributed by atoms with Crippen LogP contribution < -0.4 is 10.6 Å². The first-order valence-corrected chi connectivity index (χ1v) is 10.5. The van der Waals surface area contributed by atoms with Crippen molar-refractivity contribution >= 4 is 46.6 Å². The largest absolute Gasteiger partial charge is 0.348 e. The molecule has 1 aromatic carbocycles. The topological polar surface area (TPSA) is 58.2 Å². The van der Waals surface area contributed by atoms with Crippen LogP contribution in [0.4, 0.5) is 0 Å². The molecule has 3 rings (SSSR count). The molecule has 0 aliphatic rings. The third kappa shape index (κ3) is 6.64. The fraction of sp³-hybridized carbons (Fsp3) is 0.0909. The first kappa shape index (κ1) is 19.8. The maximum Gasteiger partial charge on any atom is 0.244 e. The summed E-state index contributed by atoms with van der Waals surface area (Å²) < 4.78 is 0. The highest BCUT2D eigenvalue weighted by molar-refractivity contribution is 7.11. The molecular formula is C22H20N2O2S2. The highest BCUT2D eigenvalue weighted by Crippen LogP contribution is 2.11. The van der Waals surface area contributed by atoms with Gasteiger partial charge in [-0.25, -0.2) is 0 Å². The summed E-state index contributed by atoms with van der Waals surface area (Å²) >= 11 is 3.17. The quantitative estimate of drug-likeness (QED) is 0.540. The predicted molar refractivity (Wildman–Crippen MR) is 117 cm³/mol. The van der Waals surface area contributed by atoms with Crippen molar-refractivity contribution in [1.82, 2.24) is 10.6 Å². The van der Waals surface area contributed by atoms with Gasteiger partial charge in [0.05, 0.1) is 0 Å². The molecule has 0 radical (unpaired) electrons. The molecule has 2 heterocycles. The zero-order valence-corrected chi connectivity index (χ0v) is 16.8. The summed E-state index contributed by atoms with van der Waals surface area (Å²) in [6.45, 7) is 0.876. The number of rotatable bonds is 8. The van der Waals surface area contributed by atoms with Gasteiger partial charge in [-0.3, -0.25) is 9.59 Å². The Hall–Kier alpha value is -2.96. The number of thiophene rings is 2. The maximum absolute atomic E-state index is 11.9. The molecule has 4 nitrogen and oxygen atoms in total. The maximum atomic E-state index is 11.9. The normalized spacial score (nSPS) is 11.1. The van der Waals surface area contributed by atoms with Crippen molar-refractivity contribution < 1.29 is 9.59 Å². The van der Waals surface area contributed by atoms with E-state index in [2.05, 4.69) is 10.6 Å². The summed E-state index contributed by atoms with van der Waals surface area (Å²) in [5, 5.41) is 9.69. The standard InChI is InChI=1S/C22H20N2O2S2/c25-21(10-8-19-6-2-12-27-19)23-15-17-4-1-5-18(14-17)16-24-22(26)11-9-20-7-3-13-28-20/h1-14H,15-16H2,(H,23,25)(H,24,26). The summed E-state index contributed by atoms with van der Waals surface area (Å²) in [5.74, 6) is -0.267. The summed E-state index contributed by atoms with van der Waals surface area (Å²) in [6.07, 6.45) is 6.68. The first-order chi connectivity index (χ1) is 13.7. The Morgan fingerprint density at radius 3 is 1.68 bits per heavy atom. The molecule has 0 aliphatic heterocycles. The van der Waals surface area contributed by atoms with Gasteiger partial charge in [0.25, 0.3) is 0 Å². The molecule has 0 fully saturated rings. The Labute approximate surface area is 172 Å². The van der Waals surface area contributed by atoms with Crippen LogP contribution in [0.3, 0.4) is 0 Å². The zero-order valence-electron chi connectivity index (χ0n) is 15.1. The lowest BCUT2D eigenvalue weighted by atomic mass is 10.1. The summed E-state index contributed by atoms with van der Waals surface area (Å²) in [5.41, 5.74) is 1.97. The van der Waals surface area contributed by atoms with Gasteiger partial charge in [-0.2, -0.15) is 0 Å². The van der Waals surface area contributed by atoms with E-state index in [-0.39, 0.29) is 11.8 Å². The Morgan fingerprint density at radius 1 is 0.750 bits per heavy atom. The van der Waals surface area contributed by atoms with Gasteiger partial charge in [0.2, 0.25) is 11.8 Å². The third-order valence-corrected chi connectivity index (χ3v) is 5.48. The zero-order chi connectivity index (χ0) is 19.6. The van der Waals surface area contributed by atoms with Crippen molar-refractivity contribution in [3.05, 3.63) is 92.3 Å². The van der Waals surface area contributed by atoms with Crippen LogP contribution >= 0.6 is 22.7 Å². The van der Waals surface area contributed by atoms with Gasteiger partial charge in [0, 0.05) is 35.0 Å². The predicted octanol–water partition coefficient (Wildman–Crippen LogP) is 4.47. The van der Waals surface area contributed by atoms with Crippen molar-refractivity contribution in [1.29, 1.82) is 0 Å². The van der Waals surface area contributed by atoms with Crippen LogP contribution in [-0.4, -0.2) is 11.8 Å². The van der Waals surface area contributed by atoms with Crippen molar-refractivity contribution in [2.45, 2.75) is 13.1 Å². The van der Waals surface area contributed by atoms with Crippen LogP contribution in [0.5, 0.6) is 0 Å². The molecule has 0 aliphatic carbocycles. The van der Waals surface area contributed by atoms with Gasteiger partial charge in [0.15, 0.2) is 0 Å². The monoisotopic (exact) mass is 408 g/mol. The molecule has 0 saturated heterocycles. The van der Waals surface area contributed by atoms with E-state index in [1.54, 1.807) is 34.8 Å². The van der Waals surface area contributed by atoms with Crippen molar-refractivity contribution in [3.8, 4) is 0 Å². The molecule has 0 spiro atoms. The summed E-state index contributed by atoms with van der Waals surface area (Å²) in [7, 11) is 0. The summed E-state index contributed by atoms with van der Waals surface area (Å²) in [6, 6.07) is 15.6. The van der Waals surface area contributed by atoms with E-state index in [9.17, 15) is 9.59 Å². The lowest BCUT2D eigenvalue weighted by Gasteiger charge is -2.07. The van der Waals surface area contributed by atoms with E-state index in [1.165, 1.54) is 12.2 Å². The van der Waals surface area contributed by atoms with Crippen molar-refractivity contribution in [2.75, 3.05) is 0 Å². The van der Waals surface area contributed by atoms with E-state index in [4.69, 9.17) is 0 Å². The third-order valence-electron chi connectivity index (χ3n) is 3.81. The van der Waals surface area contributed by atoms with Crippen LogP contribution in [-0.2, 0) is 22.7 Å². The van der Waals surface area contributed by atoms with Gasteiger partial charge in [-0.1, -0.05) is 36.4 Å². The van der Waals surface area contributed by atoms with Crippen LogP contribution in [0.1, 0.15) is 20.9 Å². The van der Waals surface area contributed by atoms with Crippen LogP contribution in [0.15, 0.2) is 71.4 Å². The number of carbonyl (C=O) groups is 2. The molecule has 0 bridgehead atoms. The molecule has 142 valence electrons. The Balaban J connectivity index is 1.45. The number of amides is 2. The molecule has 0 atom stereocenters. The molecule has 2 amide bonds. The van der Waals surface area contributed by atoms with Gasteiger partial charge in [-0.15, -0.1) is 22.7 Å². The van der Waals surface area contributed by atoms with Crippen LogP contribution in [0, 0.1) is 0 Å². The highest BCUT2D eigenvalue weighted by atomic mass is 32.1. The minimum Gasteiger partial charge on any atom is -0.348 e. The second kappa shape index (κ2) is 10.4. The fourth-order valence-electron chi connectivity index (χ4n) is 2.43. The lowest BCUT2D eigenvalue weighted by Crippen LogP contribution is -2.21. The fourth-order valence-corrected chi connectivity index (χ4v) is 3.67. The molecular weight excluding hydrogens is 388 g/mol. The van der Waals surface area contributed by atoms with Gasteiger partial charge < -0.3 is 10.6 Å². The van der Waals surface area contributed by atoms with Gasteiger partial charge in [0.1, 0.15) is 0 Å². The van der Waals surface area contributed by atoms with Gasteiger partial charge >= 0.3 is 0 Å². The number of nitrogens with one attached hydrogen (secondary N) is 2. The first-order valence-electron chi connectivity index (χ1n) is 8.76. The minimum atomic E-state index is -0.133. The Morgan fingerprint density at radius 2 is 1.25 bits per heavy atom. The highest BCUT2D eigenvalue weighted by Gasteiger charge is 2.01. The molecule has 28 heavy (non-hydrogen) atoms. The molecule has 2 aromatic heterocycles. The Kier molecular flexibility index (Phi) is 7.35.